The molecular weight excluding hydrogens is 405 g/mol. The van der Waals surface area contributed by atoms with E-state index in [4.69, 9.17) is 9.84 Å². The van der Waals surface area contributed by atoms with Crippen LogP contribution in [0.4, 0.5) is 13.2 Å². The number of carboxylic acids is 1. The Morgan fingerprint density at radius 3 is 2.50 bits per heavy atom. The fourth-order valence-electron chi connectivity index (χ4n) is 3.47. The third kappa shape index (κ3) is 4.89. The molecule has 1 saturated carbocycles. The van der Waals surface area contributed by atoms with Gasteiger partial charge in [-0.05, 0) is 37.7 Å². The first-order valence-corrected chi connectivity index (χ1v) is 9.36. The van der Waals surface area contributed by atoms with Crippen LogP contribution in [0.1, 0.15) is 46.4 Å². The zero-order valence-corrected chi connectivity index (χ0v) is 16.1. The lowest BCUT2D eigenvalue weighted by Crippen LogP contribution is -2.34. The number of amides is 1. The maximum atomic E-state index is 12.7. The van der Waals surface area contributed by atoms with Crippen LogP contribution in [-0.2, 0) is 0 Å². The largest absolute Gasteiger partial charge is 0.493 e. The number of pyridine rings is 1. The maximum Gasteiger partial charge on any atom is 0.391 e. The van der Waals surface area contributed by atoms with E-state index in [1.165, 1.54) is 30.3 Å². The predicted octanol–water partition coefficient (Wildman–Crippen LogP) is 3.07. The minimum absolute atomic E-state index is 0.000178. The molecule has 0 bridgehead atoms. The molecule has 8 nitrogen and oxygen atoms in total. The standard InChI is InChI=1S/C19H21F3N4O4/c1-30-15-6-12(8-23-16(15)26-10-13(9-25-26)18(28)29)17(27)24-7-11-2-4-14(5-3-11)19(20,21)22/h6,8-11,14H,2-5,7H2,1H3,(H,24,27)(H,28,29). The normalized spacial score (nSPS) is 19.3. The molecule has 2 aromatic heterocycles. The predicted molar refractivity (Wildman–Crippen MR) is 98.7 cm³/mol. The Balaban J connectivity index is 1.62. The van der Waals surface area contributed by atoms with Crippen LogP contribution in [0.25, 0.3) is 5.82 Å². The lowest BCUT2D eigenvalue weighted by Gasteiger charge is -2.29. The van der Waals surface area contributed by atoms with Crippen LogP contribution < -0.4 is 10.1 Å². The van der Waals surface area contributed by atoms with Crippen molar-refractivity contribution in [2.24, 2.45) is 11.8 Å². The fourth-order valence-corrected chi connectivity index (χ4v) is 3.47. The molecule has 30 heavy (non-hydrogen) atoms. The number of methoxy groups -OCH3 is 1. The van der Waals surface area contributed by atoms with Crippen LogP contribution >= 0.6 is 0 Å². The molecule has 162 valence electrons. The van der Waals surface area contributed by atoms with E-state index in [0.717, 1.165) is 6.20 Å². The monoisotopic (exact) mass is 426 g/mol. The van der Waals surface area contributed by atoms with Gasteiger partial charge in [0.1, 0.15) is 0 Å². The lowest BCUT2D eigenvalue weighted by atomic mass is 9.81. The van der Waals surface area contributed by atoms with Crippen molar-refractivity contribution in [2.75, 3.05) is 13.7 Å². The van der Waals surface area contributed by atoms with E-state index < -0.39 is 24.0 Å². The highest BCUT2D eigenvalue weighted by atomic mass is 19.4. The minimum Gasteiger partial charge on any atom is -0.493 e. The summed E-state index contributed by atoms with van der Waals surface area (Å²) < 4.78 is 44.7. The number of hydrogen-bond donors (Lipinski definition) is 2. The number of ether oxygens (including phenoxy) is 1. The first-order valence-electron chi connectivity index (χ1n) is 9.36. The first kappa shape index (κ1) is 21.6. The molecule has 1 amide bonds. The van der Waals surface area contributed by atoms with Crippen molar-refractivity contribution in [3.63, 3.8) is 0 Å². The molecule has 0 atom stereocenters. The number of rotatable bonds is 6. The van der Waals surface area contributed by atoms with Crippen molar-refractivity contribution in [1.82, 2.24) is 20.1 Å². The Hall–Kier alpha value is -3.11. The summed E-state index contributed by atoms with van der Waals surface area (Å²) in [5.41, 5.74) is 0.186. The Bertz CT molecular complexity index is 921. The molecule has 2 heterocycles. The van der Waals surface area contributed by atoms with Crippen LogP contribution in [0.15, 0.2) is 24.7 Å². The summed E-state index contributed by atoms with van der Waals surface area (Å²) in [6.45, 7) is 0.286. The fraction of sp³-hybridized carbons (Fsp3) is 0.474. The van der Waals surface area contributed by atoms with Crippen LogP contribution in [-0.4, -0.2) is 51.6 Å². The molecule has 0 unspecified atom stereocenters. The SMILES string of the molecule is COc1cc(C(=O)NCC2CCC(C(F)(F)F)CC2)cnc1-n1cc(C(=O)O)cn1. The van der Waals surface area contributed by atoms with Crippen molar-refractivity contribution in [3.8, 4) is 11.6 Å². The number of nitrogens with one attached hydrogen (secondary N) is 1. The second-order valence-corrected chi connectivity index (χ2v) is 7.20. The number of carbonyl (C=O) groups is 2. The summed E-state index contributed by atoms with van der Waals surface area (Å²) in [6.07, 6.45) is 0.564. The quantitative estimate of drug-likeness (QED) is 0.735. The molecule has 3 rings (SSSR count). The van der Waals surface area contributed by atoms with Gasteiger partial charge in [-0.2, -0.15) is 18.3 Å². The van der Waals surface area contributed by atoms with Crippen LogP contribution in [0.3, 0.4) is 0 Å². The van der Waals surface area contributed by atoms with Gasteiger partial charge in [-0.25, -0.2) is 14.5 Å². The summed E-state index contributed by atoms with van der Waals surface area (Å²) in [4.78, 5) is 27.6. The van der Waals surface area contributed by atoms with E-state index >= 15 is 0 Å². The summed E-state index contributed by atoms with van der Waals surface area (Å²) in [7, 11) is 1.38. The Labute approximate surface area is 170 Å². The lowest BCUT2D eigenvalue weighted by molar-refractivity contribution is -0.183. The first-order chi connectivity index (χ1) is 14.2. The van der Waals surface area contributed by atoms with Crippen LogP contribution in [0.2, 0.25) is 0 Å². The minimum atomic E-state index is -4.15. The highest BCUT2D eigenvalue weighted by molar-refractivity contribution is 5.94. The topological polar surface area (TPSA) is 106 Å². The molecule has 1 fully saturated rings. The summed E-state index contributed by atoms with van der Waals surface area (Å²) >= 11 is 0. The Morgan fingerprint density at radius 1 is 1.23 bits per heavy atom. The molecule has 0 radical (unpaired) electrons. The van der Waals surface area contributed by atoms with Gasteiger partial charge in [0, 0.05) is 18.9 Å². The molecule has 2 N–H and O–H groups in total. The van der Waals surface area contributed by atoms with E-state index in [0.29, 0.717) is 12.8 Å². The van der Waals surface area contributed by atoms with E-state index in [9.17, 15) is 22.8 Å². The second-order valence-electron chi connectivity index (χ2n) is 7.20. The second kappa shape index (κ2) is 8.72. The van der Waals surface area contributed by atoms with E-state index in [2.05, 4.69) is 15.4 Å². The van der Waals surface area contributed by atoms with E-state index in [-0.39, 0.29) is 48.0 Å². The third-order valence-corrected chi connectivity index (χ3v) is 5.22. The van der Waals surface area contributed by atoms with Crippen molar-refractivity contribution in [3.05, 3.63) is 35.8 Å². The van der Waals surface area contributed by atoms with Gasteiger partial charge in [-0.3, -0.25) is 4.79 Å². The number of aromatic nitrogens is 3. The molecule has 11 heteroatoms. The van der Waals surface area contributed by atoms with Gasteiger partial charge in [0.05, 0.1) is 30.4 Å². The summed E-state index contributed by atoms with van der Waals surface area (Å²) in [6, 6.07) is 1.44. The van der Waals surface area contributed by atoms with Gasteiger partial charge in [0.25, 0.3) is 5.91 Å². The molecule has 1 aliphatic rings. The number of aromatic carboxylic acids is 1. The highest BCUT2D eigenvalue weighted by Crippen LogP contribution is 2.39. The summed E-state index contributed by atoms with van der Waals surface area (Å²) in [5, 5.41) is 15.7. The van der Waals surface area contributed by atoms with Gasteiger partial charge in [-0.15, -0.1) is 0 Å². The zero-order valence-electron chi connectivity index (χ0n) is 16.1. The van der Waals surface area contributed by atoms with Crippen molar-refractivity contribution >= 4 is 11.9 Å². The summed E-state index contributed by atoms with van der Waals surface area (Å²) in [5.74, 6) is -2.38. The van der Waals surface area contributed by atoms with E-state index in [1.807, 2.05) is 0 Å². The van der Waals surface area contributed by atoms with Gasteiger partial charge >= 0.3 is 12.1 Å². The highest BCUT2D eigenvalue weighted by Gasteiger charge is 2.41. The molecule has 0 aromatic carbocycles. The number of nitrogens with zero attached hydrogens (tertiary/aromatic N) is 3. The molecular formula is C19H21F3N4O4. The van der Waals surface area contributed by atoms with Crippen molar-refractivity contribution < 1.29 is 32.6 Å². The zero-order chi connectivity index (χ0) is 21.9. The van der Waals surface area contributed by atoms with E-state index in [1.54, 1.807) is 0 Å². The van der Waals surface area contributed by atoms with Crippen LogP contribution in [0.5, 0.6) is 5.75 Å². The van der Waals surface area contributed by atoms with Gasteiger partial charge < -0.3 is 15.2 Å². The number of halogens is 3. The number of carbonyl (C=O) groups excluding carboxylic acids is 1. The van der Waals surface area contributed by atoms with Crippen LogP contribution in [0, 0.1) is 11.8 Å². The van der Waals surface area contributed by atoms with Crippen molar-refractivity contribution in [2.45, 2.75) is 31.9 Å². The van der Waals surface area contributed by atoms with Crippen molar-refractivity contribution in [1.29, 1.82) is 0 Å². The average Bonchev–Trinajstić information content (AvgIpc) is 3.21. The number of alkyl halides is 3. The van der Waals surface area contributed by atoms with Gasteiger partial charge in [0.2, 0.25) is 0 Å². The molecule has 1 aliphatic carbocycles. The Morgan fingerprint density at radius 2 is 1.93 bits per heavy atom. The maximum absolute atomic E-state index is 12.7. The number of hydrogen-bond acceptors (Lipinski definition) is 5. The van der Waals surface area contributed by atoms with Gasteiger partial charge in [-0.1, -0.05) is 0 Å². The Kier molecular flexibility index (Phi) is 6.28. The molecule has 0 saturated heterocycles. The molecule has 0 aliphatic heterocycles. The molecule has 2 aromatic rings. The van der Waals surface area contributed by atoms with Gasteiger partial charge in [0.15, 0.2) is 11.6 Å². The molecule has 0 spiro atoms. The smallest absolute Gasteiger partial charge is 0.391 e. The third-order valence-electron chi connectivity index (χ3n) is 5.22. The average molecular weight is 426 g/mol. The number of carboxylic acid groups (broad SMARTS) is 1.